The Hall–Kier alpha value is -5.69. The van der Waals surface area contributed by atoms with E-state index in [1.807, 2.05) is 0 Å². The minimum atomic E-state index is -2.40. The van der Waals surface area contributed by atoms with E-state index < -0.39 is 132 Å². The number of amides is 3. The number of nitrogens with zero attached hydrogens (tertiary/aromatic N) is 6. The third-order valence-corrected chi connectivity index (χ3v) is 13.0. The first-order valence-corrected chi connectivity index (χ1v) is 28.7. The fourth-order valence-corrected chi connectivity index (χ4v) is 8.39. The summed E-state index contributed by atoms with van der Waals surface area (Å²) in [6, 6.07) is -2.98. The number of esters is 1. The van der Waals surface area contributed by atoms with Gasteiger partial charge in [0.05, 0.1) is 169 Å². The number of ether oxygens (including phenoxy) is 13. The number of benzene rings is 1. The molecule has 0 radical (unpaired) electrons. The van der Waals surface area contributed by atoms with Crippen molar-refractivity contribution in [3.63, 3.8) is 0 Å². The van der Waals surface area contributed by atoms with Gasteiger partial charge in [-0.05, 0) is 0 Å². The van der Waals surface area contributed by atoms with Gasteiger partial charge >= 0.3 is 5.97 Å². The van der Waals surface area contributed by atoms with Crippen LogP contribution in [0, 0.1) is 29.1 Å². The van der Waals surface area contributed by atoms with Gasteiger partial charge in [0.2, 0.25) is 52.6 Å². The number of halogens is 5. The fraction of sp³-hybridized carbons (Fsp3) is 0.736. The highest BCUT2D eigenvalue weighted by atomic mass is 19.2. The van der Waals surface area contributed by atoms with Gasteiger partial charge in [0.1, 0.15) is 48.7 Å². The van der Waals surface area contributed by atoms with Crippen molar-refractivity contribution in [1.82, 2.24) is 45.9 Å². The number of hydrogen-bond acceptors (Lipinski definition) is 27. The Morgan fingerprint density at radius 2 is 0.878 bits per heavy atom. The number of carbonyl (C=O) groups excluding carboxylic acids is 4. The van der Waals surface area contributed by atoms with Gasteiger partial charge in [-0.25, -0.2) is 22.5 Å². The lowest BCUT2D eigenvalue weighted by Crippen LogP contribution is -2.64. The highest BCUT2D eigenvalue weighted by molar-refractivity contribution is 5.76. The van der Waals surface area contributed by atoms with Crippen LogP contribution in [0.4, 0.5) is 22.0 Å². The summed E-state index contributed by atoms with van der Waals surface area (Å²) in [4.78, 5) is 47.5. The van der Waals surface area contributed by atoms with E-state index in [1.165, 1.54) is 13.8 Å². The van der Waals surface area contributed by atoms with Crippen LogP contribution in [-0.4, -0.2) is 284 Å². The van der Waals surface area contributed by atoms with Gasteiger partial charge in [0, 0.05) is 45.5 Å². The predicted octanol–water partition coefficient (Wildman–Crippen LogP) is -3.73. The SMILES string of the molecule is CC(=O)N[C@@H]1[C@@H](O)[C@@H](O)[C@@H](COCCc2cn(CCOCCOCCOCC(COCCOCCOCCn3cc(CCOC[C@H]4O[C@@H](O)[C@H](NC(C)=O)[C@@H](O)[C@H]4O)nn3)NC(=O)CCOCCOCCC(=O)Oc3c(F)c(F)c(F)c(F)c3F)nn2)O[C@H]1O. The molecule has 2 aromatic heterocycles. The fourth-order valence-electron chi connectivity index (χ4n) is 8.39. The number of nitrogens with one attached hydrogen (secondary N) is 3. The number of aliphatic hydroxyl groups excluding tert-OH is 6. The Morgan fingerprint density at radius 1 is 0.500 bits per heavy atom. The zero-order valence-electron chi connectivity index (χ0n) is 49.6. The molecule has 0 saturated carbocycles. The van der Waals surface area contributed by atoms with Gasteiger partial charge in [-0.1, -0.05) is 10.4 Å². The minimum absolute atomic E-state index is 0.0368. The molecule has 0 spiro atoms. The quantitative estimate of drug-likeness (QED) is 0.00656. The lowest BCUT2D eigenvalue weighted by molar-refractivity contribution is -0.256. The molecule has 3 amide bonds. The van der Waals surface area contributed by atoms with Crippen molar-refractivity contribution in [2.24, 2.45) is 0 Å². The average molecular weight is 1310 g/mol. The maximum Gasteiger partial charge on any atom is 0.313 e. The largest absolute Gasteiger partial charge is 0.420 e. The van der Waals surface area contributed by atoms with E-state index in [0.717, 1.165) is 0 Å². The van der Waals surface area contributed by atoms with E-state index in [9.17, 15) is 71.8 Å². The monoisotopic (exact) mass is 1310 g/mol. The molecule has 2 fully saturated rings. The standard InChI is InChI=1S/C53H80F5N9O23/c1-31(68)59-45-49(74)47(72)36(88-52(45)76)29-84-9-3-33-25-66(64-62-33)7-13-80-17-19-82-21-23-86-27-35(61-38(70)5-11-78-15-16-79-12-6-39(71)90-51-43(57)41(55)40(54)42(56)44(51)58)28-87-24-22-83-20-18-81-14-8-67-26-34(63-65-67)4-10-85-30-37-48(73)50(75)46(53(77)89-37)60-32(2)69/h25-26,35-37,45-50,52-53,72-77H,3-24,27-30H2,1-2H3,(H,59,68)(H,60,69)(H,61,70)/t36-,37-,45-,46-,47+,48+,49-,50-,52-,53-/m1/s1. The molecular formula is C53H80F5N9O23. The molecule has 0 bridgehead atoms. The summed E-state index contributed by atoms with van der Waals surface area (Å²) in [5.41, 5.74) is 1.24. The van der Waals surface area contributed by atoms with Crippen molar-refractivity contribution in [2.75, 3.05) is 132 Å². The summed E-state index contributed by atoms with van der Waals surface area (Å²) in [5, 5.41) is 85.4. The van der Waals surface area contributed by atoms with Crippen molar-refractivity contribution in [1.29, 1.82) is 0 Å². The van der Waals surface area contributed by atoms with E-state index >= 15 is 0 Å². The summed E-state index contributed by atoms with van der Waals surface area (Å²) < 4.78 is 142. The van der Waals surface area contributed by atoms with Gasteiger partial charge in [0.25, 0.3) is 0 Å². The number of rotatable bonds is 45. The van der Waals surface area contributed by atoms with Crippen molar-refractivity contribution < 1.29 is 133 Å². The third kappa shape index (κ3) is 26.5. The van der Waals surface area contributed by atoms with E-state index in [4.69, 9.17) is 56.8 Å². The summed E-state index contributed by atoms with van der Waals surface area (Å²) in [5.74, 6) is -16.0. The van der Waals surface area contributed by atoms with Crippen molar-refractivity contribution in [2.45, 2.75) is 120 Å². The lowest BCUT2D eigenvalue weighted by Gasteiger charge is -2.40. The predicted molar refractivity (Wildman–Crippen MR) is 290 cm³/mol. The molecule has 2 saturated heterocycles. The molecule has 90 heavy (non-hydrogen) atoms. The highest BCUT2D eigenvalue weighted by Gasteiger charge is 2.45. The van der Waals surface area contributed by atoms with Crippen LogP contribution in [0.5, 0.6) is 5.75 Å². The van der Waals surface area contributed by atoms with Crippen LogP contribution >= 0.6 is 0 Å². The summed E-state index contributed by atoms with van der Waals surface area (Å²) in [6.45, 7) is 5.22. The molecule has 2 aliphatic rings. The zero-order valence-corrected chi connectivity index (χ0v) is 49.6. The molecule has 510 valence electrons. The molecular weight excluding hydrogens is 1230 g/mol. The summed E-state index contributed by atoms with van der Waals surface area (Å²) >= 11 is 0. The summed E-state index contributed by atoms with van der Waals surface area (Å²) in [6.07, 6.45) is -7.39. The van der Waals surface area contributed by atoms with Gasteiger partial charge < -0.3 is 108 Å². The van der Waals surface area contributed by atoms with Crippen LogP contribution in [-0.2, 0) is 102 Å². The normalized spacial score (nSPS) is 21.8. The molecule has 10 atom stereocenters. The summed E-state index contributed by atoms with van der Waals surface area (Å²) in [7, 11) is 0. The molecule has 2 aliphatic heterocycles. The number of aromatic nitrogens is 6. The molecule has 5 rings (SSSR count). The second-order valence-corrected chi connectivity index (χ2v) is 20.1. The molecule has 37 heteroatoms. The van der Waals surface area contributed by atoms with E-state index in [0.29, 0.717) is 50.5 Å². The minimum Gasteiger partial charge on any atom is -0.420 e. The van der Waals surface area contributed by atoms with Crippen LogP contribution in [0.3, 0.4) is 0 Å². The van der Waals surface area contributed by atoms with Crippen molar-refractivity contribution in [3.8, 4) is 5.75 Å². The van der Waals surface area contributed by atoms with Crippen molar-refractivity contribution >= 4 is 23.7 Å². The van der Waals surface area contributed by atoms with Crippen molar-refractivity contribution in [3.05, 3.63) is 52.9 Å². The second kappa shape index (κ2) is 41.0. The Labute approximate surface area is 512 Å². The molecule has 0 unspecified atom stereocenters. The lowest BCUT2D eigenvalue weighted by atomic mass is 9.97. The average Bonchev–Trinajstić information content (AvgIpc) is 1.30. The Morgan fingerprint density at radius 3 is 1.30 bits per heavy atom. The number of hydrogen-bond donors (Lipinski definition) is 9. The van der Waals surface area contributed by atoms with Gasteiger partial charge in [0.15, 0.2) is 12.6 Å². The van der Waals surface area contributed by atoms with Gasteiger partial charge in [-0.15, -0.1) is 10.2 Å². The Balaban J connectivity index is 0.908. The van der Waals surface area contributed by atoms with Crippen LogP contribution in [0.2, 0.25) is 0 Å². The maximum absolute atomic E-state index is 13.8. The molecule has 32 nitrogen and oxygen atoms in total. The van der Waals surface area contributed by atoms with E-state index in [2.05, 4.69) is 41.3 Å². The van der Waals surface area contributed by atoms with Gasteiger partial charge in [-0.3, -0.25) is 19.2 Å². The zero-order chi connectivity index (χ0) is 65.4. The highest BCUT2D eigenvalue weighted by Crippen LogP contribution is 2.29. The van der Waals surface area contributed by atoms with Gasteiger partial charge in [-0.2, -0.15) is 8.78 Å². The molecule has 9 N–H and O–H groups in total. The topological polar surface area (TPSA) is 407 Å². The molecule has 3 aromatic rings. The second-order valence-electron chi connectivity index (χ2n) is 20.1. The van der Waals surface area contributed by atoms with Crippen LogP contribution in [0.15, 0.2) is 12.4 Å². The van der Waals surface area contributed by atoms with E-state index in [-0.39, 0.29) is 125 Å². The van der Waals surface area contributed by atoms with Crippen LogP contribution in [0.1, 0.15) is 38.1 Å². The first-order valence-electron chi connectivity index (χ1n) is 28.7. The van der Waals surface area contributed by atoms with Crippen LogP contribution in [0.25, 0.3) is 0 Å². The number of carbonyl (C=O) groups is 4. The first kappa shape index (κ1) is 75.0. The molecule has 0 aliphatic carbocycles. The molecule has 4 heterocycles. The smallest absolute Gasteiger partial charge is 0.313 e. The third-order valence-electron chi connectivity index (χ3n) is 13.0. The van der Waals surface area contributed by atoms with E-state index in [1.54, 1.807) is 21.8 Å². The Kier molecular flexibility index (Phi) is 34.2. The molecule has 1 aromatic carbocycles. The Bertz CT molecular complexity index is 2460. The maximum atomic E-state index is 13.8. The van der Waals surface area contributed by atoms with Crippen LogP contribution < -0.4 is 20.7 Å². The first-order chi connectivity index (χ1) is 43.2. The number of aliphatic hydroxyl groups is 6.